The maximum atomic E-state index is 13.5. The number of fused-ring (bicyclic) bond motifs is 3. The summed E-state index contributed by atoms with van der Waals surface area (Å²) in [6, 6.07) is 7.10. The van der Waals surface area contributed by atoms with E-state index in [0.29, 0.717) is 86.4 Å². The third-order valence-corrected chi connectivity index (χ3v) is 16.8. The first-order valence-corrected chi connectivity index (χ1v) is 30.7. The fourth-order valence-electron chi connectivity index (χ4n) is 11.7. The molecular weight excluding hydrogens is 1260 g/mol. The number of amides is 5. The monoisotopic (exact) mass is 1330 g/mol. The zero-order valence-electron chi connectivity index (χ0n) is 52.8. The van der Waals surface area contributed by atoms with E-state index < -0.39 is 35.2 Å². The van der Waals surface area contributed by atoms with Gasteiger partial charge in [0.25, 0.3) is 23.6 Å². The molecule has 10 aromatic rings. The average molecular weight is 1330 g/mol. The van der Waals surface area contributed by atoms with Crippen LogP contribution in [0.1, 0.15) is 60.0 Å². The second-order valence-corrected chi connectivity index (χ2v) is 23.2. The van der Waals surface area contributed by atoms with Crippen LogP contribution in [0, 0.1) is 30.3 Å². The van der Waals surface area contributed by atoms with Gasteiger partial charge in [-0.15, -0.1) is 15.3 Å². The van der Waals surface area contributed by atoms with Gasteiger partial charge in [0.15, 0.2) is 51.8 Å². The number of nitrogen functional groups attached to an aromatic ring is 3. The van der Waals surface area contributed by atoms with Gasteiger partial charge in [0.05, 0.1) is 116 Å². The van der Waals surface area contributed by atoms with Gasteiger partial charge >= 0.3 is 0 Å². The van der Waals surface area contributed by atoms with E-state index in [2.05, 4.69) is 98.5 Å². The first-order chi connectivity index (χ1) is 46.8. The first-order valence-electron chi connectivity index (χ1n) is 30.7. The van der Waals surface area contributed by atoms with E-state index in [4.69, 9.17) is 21.9 Å². The number of ether oxygens (including phenoxy) is 1. The summed E-state index contributed by atoms with van der Waals surface area (Å²) in [5, 5.41) is 44.0. The van der Waals surface area contributed by atoms with Gasteiger partial charge in [-0.25, -0.2) is 41.7 Å². The average Bonchev–Trinajstić information content (AvgIpc) is 1.79. The molecule has 0 radical (unpaired) electrons. The number of carbonyl (C=O) groups is 5. The molecule has 14 rings (SSSR count). The van der Waals surface area contributed by atoms with E-state index in [0.717, 1.165) is 120 Å². The maximum absolute atomic E-state index is 13.5. The summed E-state index contributed by atoms with van der Waals surface area (Å²) in [6.45, 7) is 12.1. The molecule has 13 heterocycles. The lowest BCUT2D eigenvalue weighted by Gasteiger charge is -2.38. The molecule has 1 aromatic carbocycles. The Morgan fingerprint density at radius 2 is 0.948 bits per heavy atom. The third kappa shape index (κ3) is 14.4. The van der Waals surface area contributed by atoms with E-state index in [-0.39, 0.29) is 68.8 Å². The Labute approximate surface area is 549 Å². The SMILES string of the molecule is CN1CCN(C(=O)c2ccc(-c3cnncc3NC(=O)c3c(N)nn4cc(F)cnc34)cc2)CC1.Cc1nncc(NC(=O)c2c(N)nn3cc(F)cnc23)c1N1CCC(C(=O)N2CCN(C)CC2)CC1.Nc1nn2cc(F)cnc2c1C(=O)Nc1cnncc1N1CCOCC1. The summed E-state index contributed by atoms with van der Waals surface area (Å²) in [6.07, 6.45) is 15.2. The smallest absolute Gasteiger partial charge is 0.263 e. The van der Waals surface area contributed by atoms with Crippen LogP contribution in [0.2, 0.25) is 0 Å². The molecule has 0 saturated carbocycles. The highest BCUT2D eigenvalue weighted by Gasteiger charge is 2.33. The van der Waals surface area contributed by atoms with Crippen LogP contribution in [0.25, 0.3) is 28.1 Å². The number of piperidine rings is 1. The van der Waals surface area contributed by atoms with Gasteiger partial charge < -0.3 is 67.3 Å². The van der Waals surface area contributed by atoms with Gasteiger partial charge in [-0.3, -0.25) is 24.0 Å². The van der Waals surface area contributed by atoms with Crippen LogP contribution in [-0.4, -0.2) is 229 Å². The molecule has 4 aliphatic rings. The molecule has 9 N–H and O–H groups in total. The van der Waals surface area contributed by atoms with Crippen LogP contribution in [0.4, 0.5) is 59.1 Å². The standard InChI is InChI=1S/C23H29FN10O2.C23H22FN9O2.C15H15FN8O2/c1-14-19(32-5-3-15(4-6-32)23(36)33-9-7-31(2)8-10-33)17(12-27-29-14)28-22(35)18-20(25)30-34-13-16(24)11-26-21(18)34;1-31-6-8-32(9-7-31)23(35)15-4-2-14(3-5-15)17-11-27-28-12-18(17)29-22(34)19-20(25)30-33-13-16(24)10-26-21(19)33;16-9-5-18-14-12(13(17)22-24(14)8-9)15(25)21-10-6-19-20-7-11(10)23-1-3-26-4-2-23/h11-13,15H,3-10H2,1-2H3,(H2,25,30)(H,28,29,35);2-5,10-13H,6-9H2,1H3,(H2,25,30)(H,27,29,34);5-8H,1-4H2,(H2,17,22)(H,20,21,25). The molecule has 0 aliphatic carbocycles. The molecule has 4 saturated heterocycles. The molecule has 5 amide bonds. The van der Waals surface area contributed by atoms with Crippen LogP contribution in [-0.2, 0) is 9.53 Å². The second-order valence-electron chi connectivity index (χ2n) is 23.2. The van der Waals surface area contributed by atoms with Crippen molar-refractivity contribution in [1.29, 1.82) is 0 Å². The number of piperazine rings is 2. The fraction of sp³-hybridized carbons (Fsp3) is 0.328. The highest BCUT2D eigenvalue weighted by atomic mass is 19.1. The van der Waals surface area contributed by atoms with Crippen LogP contribution in [0.5, 0.6) is 0 Å². The van der Waals surface area contributed by atoms with E-state index >= 15 is 0 Å². The van der Waals surface area contributed by atoms with Gasteiger partial charge in [-0.2, -0.15) is 30.6 Å². The lowest BCUT2D eigenvalue weighted by molar-refractivity contribution is -0.137. The number of morpholine rings is 1. The molecule has 0 atom stereocenters. The Bertz CT molecular complexity index is 4580. The second kappa shape index (κ2) is 28.5. The van der Waals surface area contributed by atoms with Crippen molar-refractivity contribution in [2.75, 3.05) is 149 Å². The molecule has 0 unspecified atom stereocenters. The molecule has 4 fully saturated rings. The summed E-state index contributed by atoms with van der Waals surface area (Å²) in [5.41, 5.74) is 23.6. The number of nitrogens with two attached hydrogens (primary N) is 3. The highest BCUT2D eigenvalue weighted by Crippen LogP contribution is 2.34. The molecule has 502 valence electrons. The minimum absolute atomic E-state index is 0.0112. The number of aryl methyl sites for hydroxylation is 1. The highest BCUT2D eigenvalue weighted by molar-refractivity contribution is 6.14. The van der Waals surface area contributed by atoms with Crippen molar-refractivity contribution in [3.05, 3.63) is 138 Å². The zero-order valence-corrected chi connectivity index (χ0v) is 52.8. The predicted molar refractivity (Wildman–Crippen MR) is 348 cm³/mol. The van der Waals surface area contributed by atoms with Gasteiger partial charge in [0, 0.05) is 95.6 Å². The Balaban J connectivity index is 0.000000141. The van der Waals surface area contributed by atoms with Crippen molar-refractivity contribution in [2.45, 2.75) is 19.8 Å². The van der Waals surface area contributed by atoms with Crippen LogP contribution >= 0.6 is 0 Å². The Hall–Kier alpha value is -11.7. The van der Waals surface area contributed by atoms with Crippen molar-refractivity contribution in [1.82, 2.24) is 94.0 Å². The van der Waals surface area contributed by atoms with Crippen LogP contribution in [0.15, 0.2) is 92.4 Å². The number of benzene rings is 1. The van der Waals surface area contributed by atoms with E-state index in [1.54, 1.807) is 30.5 Å². The van der Waals surface area contributed by atoms with E-state index in [1.807, 2.05) is 28.7 Å². The molecule has 36 heteroatoms. The van der Waals surface area contributed by atoms with Crippen molar-refractivity contribution in [3.8, 4) is 11.1 Å². The molecular formula is C61H66F3N27O6. The number of anilines is 8. The number of nitrogens with zero attached hydrogens (tertiary/aromatic N) is 21. The van der Waals surface area contributed by atoms with Crippen molar-refractivity contribution < 1.29 is 41.9 Å². The lowest BCUT2D eigenvalue weighted by Crippen LogP contribution is -2.50. The number of hydrogen-bond acceptors (Lipinski definition) is 25. The summed E-state index contributed by atoms with van der Waals surface area (Å²) in [5.74, 6) is -3.40. The number of rotatable bonds is 11. The lowest BCUT2D eigenvalue weighted by atomic mass is 9.94. The fourth-order valence-corrected chi connectivity index (χ4v) is 11.7. The van der Waals surface area contributed by atoms with Crippen molar-refractivity contribution >= 4 is 92.4 Å². The Morgan fingerprint density at radius 3 is 1.46 bits per heavy atom. The number of carbonyl (C=O) groups excluding carboxylic acids is 5. The number of hydrogen-bond donors (Lipinski definition) is 6. The minimum Gasteiger partial charge on any atom is -0.381 e. The molecule has 4 aliphatic heterocycles. The van der Waals surface area contributed by atoms with Crippen LogP contribution in [0.3, 0.4) is 0 Å². The summed E-state index contributed by atoms with van der Waals surface area (Å²) in [4.78, 5) is 89.1. The number of nitrogens with one attached hydrogen (secondary N) is 3. The van der Waals surface area contributed by atoms with E-state index in [1.165, 1.54) is 24.8 Å². The van der Waals surface area contributed by atoms with E-state index in [9.17, 15) is 37.1 Å². The largest absolute Gasteiger partial charge is 0.381 e. The summed E-state index contributed by atoms with van der Waals surface area (Å²) in [7, 11) is 4.11. The zero-order chi connectivity index (χ0) is 68.0. The maximum Gasteiger partial charge on any atom is 0.263 e. The van der Waals surface area contributed by atoms with Gasteiger partial charge in [0.2, 0.25) is 5.91 Å². The van der Waals surface area contributed by atoms with Gasteiger partial charge in [0.1, 0.15) is 16.7 Å². The van der Waals surface area contributed by atoms with Crippen LogP contribution < -0.4 is 43.0 Å². The molecule has 0 bridgehead atoms. The number of halogens is 3. The number of aromatic nitrogens is 15. The summed E-state index contributed by atoms with van der Waals surface area (Å²) >= 11 is 0. The Morgan fingerprint density at radius 1 is 0.505 bits per heavy atom. The van der Waals surface area contributed by atoms with Gasteiger partial charge in [-0.1, -0.05) is 12.1 Å². The van der Waals surface area contributed by atoms with Crippen molar-refractivity contribution in [3.63, 3.8) is 0 Å². The molecule has 0 spiro atoms. The molecule has 33 nitrogen and oxygen atoms in total. The normalized spacial score (nSPS) is 15.6. The number of likely N-dealkylation sites (N-methyl/N-ethyl adjacent to an activating group) is 2. The first kappa shape index (κ1) is 65.4. The Kier molecular flexibility index (Phi) is 19.2. The van der Waals surface area contributed by atoms with Crippen molar-refractivity contribution in [2.24, 2.45) is 5.92 Å². The predicted octanol–water partition coefficient (Wildman–Crippen LogP) is 2.67. The molecule has 9 aromatic heterocycles. The third-order valence-electron chi connectivity index (χ3n) is 16.8. The topological polar surface area (TPSA) is 396 Å². The summed E-state index contributed by atoms with van der Waals surface area (Å²) < 4.78 is 49.0. The minimum atomic E-state index is -0.609. The van der Waals surface area contributed by atoms with Gasteiger partial charge in [-0.05, 0) is 51.6 Å². The molecule has 97 heavy (non-hydrogen) atoms. The quantitative estimate of drug-likeness (QED) is 0.108.